The number of benzene rings is 1. The van der Waals surface area contributed by atoms with E-state index in [0.717, 1.165) is 22.2 Å². The molecule has 98 valence electrons. The zero-order valence-electron chi connectivity index (χ0n) is 9.93. The molecule has 2 N–H and O–H groups in total. The lowest BCUT2D eigenvalue weighted by molar-refractivity contribution is -0.119. The first-order valence-corrected chi connectivity index (χ1v) is 7.74. The summed E-state index contributed by atoms with van der Waals surface area (Å²) in [5, 5.41) is 12.0. The van der Waals surface area contributed by atoms with Gasteiger partial charge in [-0.1, -0.05) is 15.9 Å². The molecule has 0 heterocycles. The van der Waals surface area contributed by atoms with Gasteiger partial charge in [-0.15, -0.1) is 11.8 Å². The lowest BCUT2D eigenvalue weighted by Gasteiger charge is -2.31. The van der Waals surface area contributed by atoms with E-state index in [9.17, 15) is 4.79 Å². The van der Waals surface area contributed by atoms with Crippen LogP contribution in [0.15, 0.2) is 33.6 Å². The van der Waals surface area contributed by atoms with Crippen molar-refractivity contribution in [3.8, 4) is 0 Å². The molecule has 2 rings (SSSR count). The van der Waals surface area contributed by atoms with Crippen LogP contribution >= 0.6 is 27.7 Å². The number of hydrogen-bond acceptors (Lipinski definition) is 3. The maximum absolute atomic E-state index is 11.6. The Balaban J connectivity index is 1.64. The van der Waals surface area contributed by atoms with Crippen LogP contribution in [0.1, 0.15) is 12.8 Å². The number of carbonyl (C=O) groups excluding carboxylic acids is 1. The van der Waals surface area contributed by atoms with Crippen LogP contribution in [0.2, 0.25) is 0 Å². The molecule has 0 bridgehead atoms. The Bertz CT molecular complexity index is 404. The molecule has 1 amide bonds. The number of carbonyl (C=O) groups is 1. The monoisotopic (exact) mass is 329 g/mol. The maximum Gasteiger partial charge on any atom is 0.230 e. The largest absolute Gasteiger partial charge is 0.393 e. The van der Waals surface area contributed by atoms with Gasteiger partial charge in [0.15, 0.2) is 0 Å². The van der Waals surface area contributed by atoms with Crippen molar-refractivity contribution in [1.82, 2.24) is 5.32 Å². The van der Waals surface area contributed by atoms with Gasteiger partial charge < -0.3 is 10.4 Å². The van der Waals surface area contributed by atoms with Gasteiger partial charge in [0, 0.05) is 15.9 Å². The minimum atomic E-state index is -0.149. The second-order valence-corrected chi connectivity index (χ2v) is 6.50. The van der Waals surface area contributed by atoms with E-state index in [1.807, 2.05) is 24.3 Å². The first-order valence-electron chi connectivity index (χ1n) is 5.96. The minimum Gasteiger partial charge on any atom is -0.393 e. The number of aliphatic hydroxyl groups excluding tert-OH is 1. The molecule has 0 atom stereocenters. The lowest BCUT2D eigenvalue weighted by atomic mass is 9.82. The van der Waals surface area contributed by atoms with Gasteiger partial charge in [-0.3, -0.25) is 4.79 Å². The smallest absolute Gasteiger partial charge is 0.230 e. The van der Waals surface area contributed by atoms with Gasteiger partial charge in [0.25, 0.3) is 0 Å². The maximum atomic E-state index is 11.6. The van der Waals surface area contributed by atoms with Crippen molar-refractivity contribution in [2.45, 2.75) is 23.8 Å². The van der Waals surface area contributed by atoms with Gasteiger partial charge in [0.1, 0.15) is 0 Å². The molecular formula is C13H16BrNO2S. The highest BCUT2D eigenvalue weighted by atomic mass is 79.9. The third-order valence-electron chi connectivity index (χ3n) is 2.98. The van der Waals surface area contributed by atoms with E-state index in [4.69, 9.17) is 5.11 Å². The Morgan fingerprint density at radius 2 is 2.06 bits per heavy atom. The minimum absolute atomic E-state index is 0.0595. The molecule has 3 nitrogen and oxygen atoms in total. The number of aliphatic hydroxyl groups is 1. The van der Waals surface area contributed by atoms with Crippen molar-refractivity contribution in [1.29, 1.82) is 0 Å². The van der Waals surface area contributed by atoms with Gasteiger partial charge >= 0.3 is 0 Å². The summed E-state index contributed by atoms with van der Waals surface area (Å²) in [7, 11) is 0. The van der Waals surface area contributed by atoms with E-state index in [2.05, 4.69) is 21.2 Å². The first-order chi connectivity index (χ1) is 8.63. The molecule has 1 aromatic carbocycles. The summed E-state index contributed by atoms with van der Waals surface area (Å²) in [4.78, 5) is 12.7. The predicted molar refractivity (Wildman–Crippen MR) is 76.6 cm³/mol. The van der Waals surface area contributed by atoms with Crippen LogP contribution in [-0.2, 0) is 4.79 Å². The summed E-state index contributed by atoms with van der Waals surface area (Å²) in [6.45, 7) is 0.691. The molecule has 1 aromatic rings. The van der Waals surface area contributed by atoms with Crippen LogP contribution in [0.5, 0.6) is 0 Å². The van der Waals surface area contributed by atoms with E-state index < -0.39 is 0 Å². The number of hydrogen-bond donors (Lipinski definition) is 2. The summed E-state index contributed by atoms with van der Waals surface area (Å²) in [5.74, 6) is 0.961. The lowest BCUT2D eigenvalue weighted by Crippen LogP contribution is -2.38. The fourth-order valence-electron chi connectivity index (χ4n) is 1.86. The molecule has 0 unspecified atom stereocenters. The van der Waals surface area contributed by atoms with Gasteiger partial charge in [-0.05, 0) is 43.0 Å². The molecular weight excluding hydrogens is 314 g/mol. The number of halogens is 1. The van der Waals surface area contributed by atoms with Crippen LogP contribution in [0, 0.1) is 5.92 Å². The molecule has 0 saturated heterocycles. The molecule has 1 aliphatic carbocycles. The van der Waals surface area contributed by atoms with Gasteiger partial charge in [0.2, 0.25) is 5.91 Å². The second kappa shape index (κ2) is 6.59. The van der Waals surface area contributed by atoms with E-state index in [1.54, 1.807) is 0 Å². The Kier molecular flexibility index (Phi) is 5.09. The second-order valence-electron chi connectivity index (χ2n) is 4.54. The fourth-order valence-corrected chi connectivity index (χ4v) is 2.85. The standard InChI is InChI=1S/C13H16BrNO2S/c14-10-1-3-12(4-2-10)18-8-13(17)15-7-9-5-11(16)6-9/h1-4,9,11,16H,5-8H2,(H,15,17). The van der Waals surface area contributed by atoms with Crippen molar-refractivity contribution in [3.63, 3.8) is 0 Å². The molecule has 0 spiro atoms. The van der Waals surface area contributed by atoms with E-state index in [-0.39, 0.29) is 12.0 Å². The molecule has 5 heteroatoms. The van der Waals surface area contributed by atoms with E-state index in [1.165, 1.54) is 11.8 Å². The number of nitrogens with one attached hydrogen (secondary N) is 1. The average Bonchev–Trinajstić information content (AvgIpc) is 2.32. The van der Waals surface area contributed by atoms with Crippen LogP contribution in [0.4, 0.5) is 0 Å². The van der Waals surface area contributed by atoms with E-state index >= 15 is 0 Å². The normalized spacial score (nSPS) is 22.3. The molecule has 1 aliphatic rings. The zero-order chi connectivity index (χ0) is 13.0. The Hall–Kier alpha value is -0.520. The van der Waals surface area contributed by atoms with Crippen LogP contribution < -0.4 is 5.32 Å². The quantitative estimate of drug-likeness (QED) is 0.816. The SMILES string of the molecule is O=C(CSc1ccc(Br)cc1)NCC1CC(O)C1. The number of rotatable bonds is 5. The number of thioether (sulfide) groups is 1. The summed E-state index contributed by atoms with van der Waals surface area (Å²) < 4.78 is 1.04. The van der Waals surface area contributed by atoms with Gasteiger partial charge in [0.05, 0.1) is 11.9 Å². The highest BCUT2D eigenvalue weighted by molar-refractivity contribution is 9.10. The zero-order valence-corrected chi connectivity index (χ0v) is 12.3. The summed E-state index contributed by atoms with van der Waals surface area (Å²) in [5.41, 5.74) is 0. The van der Waals surface area contributed by atoms with Crippen molar-refractivity contribution >= 4 is 33.6 Å². The Morgan fingerprint density at radius 3 is 2.67 bits per heavy atom. The topological polar surface area (TPSA) is 49.3 Å². The third kappa shape index (κ3) is 4.30. The van der Waals surface area contributed by atoms with Crippen molar-refractivity contribution in [3.05, 3.63) is 28.7 Å². The Morgan fingerprint density at radius 1 is 1.39 bits per heavy atom. The highest BCUT2D eigenvalue weighted by Crippen LogP contribution is 2.26. The summed E-state index contributed by atoms with van der Waals surface area (Å²) >= 11 is 4.91. The van der Waals surface area contributed by atoms with Gasteiger partial charge in [-0.2, -0.15) is 0 Å². The molecule has 1 saturated carbocycles. The molecule has 0 aromatic heterocycles. The van der Waals surface area contributed by atoms with Crippen LogP contribution in [0.25, 0.3) is 0 Å². The summed E-state index contributed by atoms with van der Waals surface area (Å²) in [6, 6.07) is 7.92. The van der Waals surface area contributed by atoms with Crippen molar-refractivity contribution < 1.29 is 9.90 Å². The first kappa shape index (κ1) is 13.9. The Labute approximate surface area is 119 Å². The molecule has 0 aliphatic heterocycles. The van der Waals surface area contributed by atoms with Gasteiger partial charge in [-0.25, -0.2) is 0 Å². The molecule has 18 heavy (non-hydrogen) atoms. The van der Waals surface area contributed by atoms with Crippen LogP contribution in [-0.4, -0.2) is 29.4 Å². The number of amides is 1. The van der Waals surface area contributed by atoms with E-state index in [0.29, 0.717) is 18.2 Å². The van der Waals surface area contributed by atoms with Crippen molar-refractivity contribution in [2.75, 3.05) is 12.3 Å². The van der Waals surface area contributed by atoms with Crippen LogP contribution in [0.3, 0.4) is 0 Å². The third-order valence-corrected chi connectivity index (χ3v) is 4.52. The molecule has 1 fully saturated rings. The fraction of sp³-hybridized carbons (Fsp3) is 0.462. The highest BCUT2D eigenvalue weighted by Gasteiger charge is 2.26. The summed E-state index contributed by atoms with van der Waals surface area (Å²) in [6.07, 6.45) is 1.49. The predicted octanol–water partition coefficient (Wildman–Crippen LogP) is 2.43. The van der Waals surface area contributed by atoms with Crippen molar-refractivity contribution in [2.24, 2.45) is 5.92 Å². The molecule has 0 radical (unpaired) electrons. The average molecular weight is 330 g/mol.